The zero-order chi connectivity index (χ0) is 8.20. The smallest absolute Gasteiger partial charge is 0.395 e. The minimum atomic E-state index is -4.44. The Hall–Kier alpha value is -1.00. The monoisotopic (exact) mass is 152 g/mol. The molecule has 0 aliphatic rings. The Bertz CT molecular complexity index is 157. The molecule has 0 aliphatic heterocycles. The maximum atomic E-state index is 11.5. The van der Waals surface area contributed by atoms with E-state index in [1.807, 2.05) is 0 Å². The van der Waals surface area contributed by atoms with Gasteiger partial charge in [0.15, 0.2) is 0 Å². The summed E-state index contributed by atoms with van der Waals surface area (Å²) in [6.07, 6.45) is -2.75. The molecule has 10 heavy (non-hydrogen) atoms. The van der Waals surface area contributed by atoms with Gasteiger partial charge in [-0.1, -0.05) is 0 Å². The van der Waals surface area contributed by atoms with Crippen molar-refractivity contribution in [2.45, 2.75) is 6.18 Å². The first-order valence-corrected chi connectivity index (χ1v) is 2.43. The summed E-state index contributed by atoms with van der Waals surface area (Å²) in [4.78, 5) is 3.31. The predicted molar refractivity (Wildman–Crippen MR) is 32.7 cm³/mol. The van der Waals surface area contributed by atoms with Crippen LogP contribution in [0.1, 0.15) is 0 Å². The van der Waals surface area contributed by atoms with Gasteiger partial charge in [0.2, 0.25) is 0 Å². The summed E-state index contributed by atoms with van der Waals surface area (Å²) in [5, 5.41) is 0. The minimum Gasteiger partial charge on any atom is -0.395 e. The summed E-state index contributed by atoms with van der Waals surface area (Å²) in [6, 6.07) is 0. The van der Waals surface area contributed by atoms with Crippen LogP contribution in [0.3, 0.4) is 0 Å². The van der Waals surface area contributed by atoms with Gasteiger partial charge in [-0.25, -0.2) is 0 Å². The molecule has 0 unspecified atom stereocenters. The third-order valence-corrected chi connectivity index (χ3v) is 0.730. The van der Waals surface area contributed by atoms with Crippen molar-refractivity contribution in [1.29, 1.82) is 0 Å². The van der Waals surface area contributed by atoms with Crippen molar-refractivity contribution in [2.24, 2.45) is 10.7 Å². The molecule has 58 valence electrons. The van der Waals surface area contributed by atoms with Crippen LogP contribution in [0.25, 0.3) is 0 Å². The van der Waals surface area contributed by atoms with Crippen LogP contribution in [-0.4, -0.2) is 19.4 Å². The fourth-order valence-electron chi connectivity index (χ4n) is 0.249. The van der Waals surface area contributed by atoms with Crippen LogP contribution in [0.15, 0.2) is 16.8 Å². The molecular formula is C5H7F3N2. The average molecular weight is 152 g/mol. The number of nitrogens with zero attached hydrogens (tertiary/aromatic N) is 1. The van der Waals surface area contributed by atoms with Crippen molar-refractivity contribution in [3.8, 4) is 0 Å². The SMILES string of the molecule is CN=C/C=C(\N)C(F)(F)F. The molecule has 0 aliphatic carbocycles. The van der Waals surface area contributed by atoms with Crippen molar-refractivity contribution >= 4 is 6.21 Å². The van der Waals surface area contributed by atoms with Crippen molar-refractivity contribution in [1.82, 2.24) is 0 Å². The van der Waals surface area contributed by atoms with Crippen molar-refractivity contribution in [3.05, 3.63) is 11.8 Å². The second kappa shape index (κ2) is 3.24. The van der Waals surface area contributed by atoms with Gasteiger partial charge >= 0.3 is 6.18 Å². The van der Waals surface area contributed by atoms with Crippen molar-refractivity contribution in [3.63, 3.8) is 0 Å². The number of hydrogen-bond acceptors (Lipinski definition) is 2. The molecule has 0 saturated heterocycles. The molecule has 0 aromatic carbocycles. The van der Waals surface area contributed by atoms with Crippen LogP contribution in [-0.2, 0) is 0 Å². The quantitative estimate of drug-likeness (QED) is 0.561. The van der Waals surface area contributed by atoms with E-state index >= 15 is 0 Å². The molecule has 0 atom stereocenters. The summed E-state index contributed by atoms with van der Waals surface area (Å²) in [5.41, 5.74) is 3.44. The lowest BCUT2D eigenvalue weighted by Gasteiger charge is -2.03. The van der Waals surface area contributed by atoms with E-state index in [0.29, 0.717) is 6.08 Å². The lowest BCUT2D eigenvalue weighted by molar-refractivity contribution is -0.0925. The molecule has 0 heterocycles. The summed E-state index contributed by atoms with van der Waals surface area (Å²) in [6.45, 7) is 0. The Balaban J connectivity index is 4.20. The molecule has 0 saturated carbocycles. The van der Waals surface area contributed by atoms with E-state index in [-0.39, 0.29) is 0 Å². The fraction of sp³-hybridized carbons (Fsp3) is 0.400. The van der Waals surface area contributed by atoms with Crippen LogP contribution in [0.2, 0.25) is 0 Å². The fourth-order valence-corrected chi connectivity index (χ4v) is 0.249. The molecule has 0 spiro atoms. The second-order valence-electron chi connectivity index (χ2n) is 1.53. The Morgan fingerprint density at radius 1 is 1.50 bits per heavy atom. The Morgan fingerprint density at radius 2 is 2.00 bits per heavy atom. The standard InChI is InChI=1S/C5H7F3N2/c1-10-3-2-4(9)5(6,7)8/h2-3H,9H2,1H3/b4-2-,10-3?. The Kier molecular flexibility index (Phi) is 2.92. The predicted octanol–water partition coefficient (Wildman–Crippen LogP) is 1.09. The highest BCUT2D eigenvalue weighted by Crippen LogP contribution is 2.20. The van der Waals surface area contributed by atoms with Gasteiger partial charge in [0.1, 0.15) is 5.70 Å². The number of rotatable bonds is 1. The molecule has 0 aromatic rings. The van der Waals surface area contributed by atoms with Gasteiger partial charge in [-0.05, 0) is 6.08 Å². The number of allylic oxidation sites excluding steroid dienone is 2. The molecule has 0 bridgehead atoms. The molecule has 0 amide bonds. The first-order chi connectivity index (χ1) is 4.48. The highest BCUT2D eigenvalue weighted by atomic mass is 19.4. The topological polar surface area (TPSA) is 38.4 Å². The molecule has 0 rings (SSSR count). The van der Waals surface area contributed by atoms with Crippen LogP contribution < -0.4 is 5.73 Å². The van der Waals surface area contributed by atoms with E-state index in [1.54, 1.807) is 0 Å². The summed E-state index contributed by atoms with van der Waals surface area (Å²) in [7, 11) is 1.36. The van der Waals surface area contributed by atoms with Gasteiger partial charge in [-0.3, -0.25) is 4.99 Å². The van der Waals surface area contributed by atoms with E-state index in [4.69, 9.17) is 0 Å². The molecule has 2 N–H and O–H groups in total. The lowest BCUT2D eigenvalue weighted by Crippen LogP contribution is -2.19. The first kappa shape index (κ1) is 9.00. The molecule has 0 aromatic heterocycles. The largest absolute Gasteiger partial charge is 0.430 e. The van der Waals surface area contributed by atoms with Crippen molar-refractivity contribution in [2.75, 3.05) is 7.05 Å². The minimum absolute atomic E-state index is 0.708. The third kappa shape index (κ3) is 3.11. The highest BCUT2D eigenvalue weighted by Gasteiger charge is 2.30. The van der Waals surface area contributed by atoms with Crippen LogP contribution in [0.5, 0.6) is 0 Å². The van der Waals surface area contributed by atoms with Gasteiger partial charge in [-0.15, -0.1) is 0 Å². The maximum Gasteiger partial charge on any atom is 0.430 e. The van der Waals surface area contributed by atoms with Gasteiger partial charge in [-0.2, -0.15) is 13.2 Å². The van der Waals surface area contributed by atoms with E-state index in [0.717, 1.165) is 6.21 Å². The van der Waals surface area contributed by atoms with Gasteiger partial charge in [0, 0.05) is 13.3 Å². The van der Waals surface area contributed by atoms with E-state index < -0.39 is 11.9 Å². The van der Waals surface area contributed by atoms with Gasteiger partial charge < -0.3 is 5.73 Å². The average Bonchev–Trinajstić information content (AvgIpc) is 1.80. The maximum absolute atomic E-state index is 11.5. The highest BCUT2D eigenvalue weighted by molar-refractivity contribution is 5.71. The number of hydrogen-bond donors (Lipinski definition) is 1. The summed E-state index contributed by atoms with van der Waals surface area (Å²) >= 11 is 0. The van der Waals surface area contributed by atoms with Crippen molar-refractivity contribution < 1.29 is 13.2 Å². The zero-order valence-corrected chi connectivity index (χ0v) is 5.31. The zero-order valence-electron chi connectivity index (χ0n) is 5.31. The Labute approximate surface area is 56.2 Å². The number of alkyl halides is 3. The lowest BCUT2D eigenvalue weighted by atomic mass is 10.4. The Morgan fingerprint density at radius 3 is 2.30 bits per heavy atom. The molecule has 0 fully saturated rings. The third-order valence-electron chi connectivity index (χ3n) is 0.730. The molecule has 2 nitrogen and oxygen atoms in total. The number of halogens is 3. The molecular weight excluding hydrogens is 145 g/mol. The van der Waals surface area contributed by atoms with Crippen LogP contribution in [0, 0.1) is 0 Å². The normalized spacial score (nSPS) is 14.6. The van der Waals surface area contributed by atoms with E-state index in [1.165, 1.54) is 7.05 Å². The molecule has 5 heteroatoms. The number of nitrogens with two attached hydrogens (primary N) is 1. The van der Waals surface area contributed by atoms with Crippen LogP contribution in [0.4, 0.5) is 13.2 Å². The van der Waals surface area contributed by atoms with Crippen LogP contribution >= 0.6 is 0 Å². The number of aliphatic imine (C=N–C) groups is 1. The van der Waals surface area contributed by atoms with Gasteiger partial charge in [0.25, 0.3) is 0 Å². The summed E-state index contributed by atoms with van der Waals surface area (Å²) < 4.78 is 34.6. The van der Waals surface area contributed by atoms with E-state index in [9.17, 15) is 13.2 Å². The first-order valence-electron chi connectivity index (χ1n) is 2.43. The molecule has 0 radical (unpaired) electrons. The van der Waals surface area contributed by atoms with Gasteiger partial charge in [0.05, 0.1) is 0 Å². The summed E-state index contributed by atoms with van der Waals surface area (Å²) in [5.74, 6) is 0. The second-order valence-corrected chi connectivity index (χ2v) is 1.53. The van der Waals surface area contributed by atoms with E-state index in [2.05, 4.69) is 10.7 Å².